The van der Waals surface area contributed by atoms with Crippen LogP contribution in [-0.2, 0) is 0 Å². The monoisotopic (exact) mass is 280 g/mol. The highest BCUT2D eigenvalue weighted by molar-refractivity contribution is 9.10. The number of rotatable bonds is 0. The van der Waals surface area contributed by atoms with E-state index in [0.717, 1.165) is 0 Å². The maximum Gasteiger partial charge on any atom is 0.0282 e. The lowest BCUT2D eigenvalue weighted by Crippen LogP contribution is -1.78. The standard InChI is InChI=1S/C11H9Br.2C2H6/c1-8-6-7-9-4-2-3-5-10(9)11(8)12;2*1-2/h2-7H,1H3;2*1-2H3. The van der Waals surface area contributed by atoms with E-state index in [0.29, 0.717) is 0 Å². The van der Waals surface area contributed by atoms with E-state index >= 15 is 0 Å². The zero-order valence-electron chi connectivity index (χ0n) is 10.8. The second-order valence-corrected chi connectivity index (χ2v) is 3.71. The lowest BCUT2D eigenvalue weighted by molar-refractivity contribution is 1.47. The van der Waals surface area contributed by atoms with Crippen molar-refractivity contribution in [2.75, 3.05) is 0 Å². The molecule has 2 aromatic carbocycles. The predicted molar refractivity (Wildman–Crippen MR) is 79.1 cm³/mol. The number of benzene rings is 2. The van der Waals surface area contributed by atoms with E-state index in [4.69, 9.17) is 0 Å². The molecule has 2 aromatic rings. The maximum absolute atomic E-state index is 3.58. The highest BCUT2D eigenvalue weighted by Crippen LogP contribution is 2.26. The molecule has 0 aliphatic carbocycles. The summed E-state index contributed by atoms with van der Waals surface area (Å²) in [5.41, 5.74) is 1.29. The molecule has 0 radical (unpaired) electrons. The summed E-state index contributed by atoms with van der Waals surface area (Å²) < 4.78 is 1.21. The quantitative estimate of drug-likeness (QED) is 0.558. The molecule has 0 unspecified atom stereocenters. The Balaban J connectivity index is 0.000000509. The summed E-state index contributed by atoms with van der Waals surface area (Å²) in [6, 6.07) is 12.7. The zero-order chi connectivity index (χ0) is 12.6. The second-order valence-electron chi connectivity index (χ2n) is 2.92. The average Bonchev–Trinajstić information content (AvgIpc) is 2.39. The second kappa shape index (κ2) is 8.35. The Labute approximate surface area is 108 Å². The summed E-state index contributed by atoms with van der Waals surface area (Å²) in [6.45, 7) is 10.1. The summed E-state index contributed by atoms with van der Waals surface area (Å²) in [5, 5.41) is 2.58. The van der Waals surface area contributed by atoms with Crippen LogP contribution >= 0.6 is 15.9 Å². The van der Waals surface area contributed by atoms with Gasteiger partial charge in [-0.05, 0) is 39.2 Å². The van der Waals surface area contributed by atoms with Gasteiger partial charge in [0.2, 0.25) is 0 Å². The van der Waals surface area contributed by atoms with Crippen molar-refractivity contribution in [3.05, 3.63) is 46.4 Å². The molecule has 0 atom stereocenters. The Morgan fingerprint density at radius 2 is 1.38 bits per heavy atom. The predicted octanol–water partition coefficient (Wildman–Crippen LogP) is 5.96. The van der Waals surface area contributed by atoms with Crippen LogP contribution in [0.3, 0.4) is 0 Å². The zero-order valence-corrected chi connectivity index (χ0v) is 12.4. The minimum absolute atomic E-state index is 1.21. The molecule has 16 heavy (non-hydrogen) atoms. The fourth-order valence-electron chi connectivity index (χ4n) is 1.34. The molecule has 0 aliphatic rings. The molecule has 0 aromatic heterocycles. The smallest absolute Gasteiger partial charge is 0.0282 e. The van der Waals surface area contributed by atoms with Gasteiger partial charge in [-0.1, -0.05) is 64.1 Å². The summed E-state index contributed by atoms with van der Waals surface area (Å²) in [4.78, 5) is 0. The van der Waals surface area contributed by atoms with Crippen LogP contribution in [0.2, 0.25) is 0 Å². The first-order chi connectivity index (χ1) is 7.79. The largest absolute Gasteiger partial charge is 0.0683 e. The number of aryl methyl sites for hydroxylation is 1. The van der Waals surface area contributed by atoms with Crippen LogP contribution in [0, 0.1) is 6.92 Å². The fraction of sp³-hybridized carbons (Fsp3) is 0.333. The third-order valence-electron chi connectivity index (χ3n) is 2.06. The summed E-state index contributed by atoms with van der Waals surface area (Å²) in [7, 11) is 0. The molecule has 88 valence electrons. The Morgan fingerprint density at radius 1 is 0.812 bits per heavy atom. The van der Waals surface area contributed by atoms with E-state index in [-0.39, 0.29) is 0 Å². The lowest BCUT2D eigenvalue weighted by atomic mass is 10.1. The first-order valence-electron chi connectivity index (χ1n) is 5.93. The first-order valence-corrected chi connectivity index (χ1v) is 6.72. The van der Waals surface area contributed by atoms with Gasteiger partial charge in [-0.15, -0.1) is 0 Å². The Morgan fingerprint density at radius 3 is 2.00 bits per heavy atom. The van der Waals surface area contributed by atoms with Gasteiger partial charge in [0.1, 0.15) is 0 Å². The minimum Gasteiger partial charge on any atom is -0.0683 e. The van der Waals surface area contributed by atoms with Crippen LogP contribution in [0.25, 0.3) is 10.8 Å². The topological polar surface area (TPSA) is 0 Å². The van der Waals surface area contributed by atoms with Crippen molar-refractivity contribution < 1.29 is 0 Å². The molecule has 0 fully saturated rings. The Bertz CT molecular complexity index is 419. The van der Waals surface area contributed by atoms with Crippen molar-refractivity contribution in [3.63, 3.8) is 0 Å². The van der Waals surface area contributed by atoms with Crippen LogP contribution in [0.15, 0.2) is 40.9 Å². The highest BCUT2D eigenvalue weighted by Gasteiger charge is 1.98. The normalized spacial score (nSPS) is 8.62. The molecule has 0 N–H and O–H groups in total. The average molecular weight is 281 g/mol. The van der Waals surface area contributed by atoms with Crippen LogP contribution in [0.5, 0.6) is 0 Å². The molecule has 0 aliphatic heterocycles. The molecule has 0 saturated carbocycles. The summed E-state index contributed by atoms with van der Waals surface area (Å²) in [5.74, 6) is 0. The molecule has 0 heterocycles. The van der Waals surface area contributed by atoms with Gasteiger partial charge < -0.3 is 0 Å². The third kappa shape index (κ3) is 3.64. The first kappa shape index (κ1) is 15.2. The lowest BCUT2D eigenvalue weighted by Gasteiger charge is -2.02. The van der Waals surface area contributed by atoms with E-state index in [1.807, 2.05) is 27.7 Å². The van der Waals surface area contributed by atoms with E-state index in [2.05, 4.69) is 59.3 Å². The third-order valence-corrected chi connectivity index (χ3v) is 3.11. The van der Waals surface area contributed by atoms with Crippen LogP contribution in [0.1, 0.15) is 33.3 Å². The van der Waals surface area contributed by atoms with Gasteiger partial charge in [-0.2, -0.15) is 0 Å². The number of halogens is 1. The molecule has 0 spiro atoms. The van der Waals surface area contributed by atoms with Gasteiger partial charge in [-0.3, -0.25) is 0 Å². The van der Waals surface area contributed by atoms with Crippen molar-refractivity contribution in [2.24, 2.45) is 0 Å². The van der Waals surface area contributed by atoms with E-state index in [1.54, 1.807) is 0 Å². The number of hydrogen-bond donors (Lipinski definition) is 0. The van der Waals surface area contributed by atoms with Gasteiger partial charge in [0.15, 0.2) is 0 Å². The van der Waals surface area contributed by atoms with Crippen molar-refractivity contribution in [1.29, 1.82) is 0 Å². The van der Waals surface area contributed by atoms with Crippen molar-refractivity contribution in [2.45, 2.75) is 34.6 Å². The summed E-state index contributed by atoms with van der Waals surface area (Å²) >= 11 is 3.58. The van der Waals surface area contributed by atoms with Crippen molar-refractivity contribution in [3.8, 4) is 0 Å². The SMILES string of the molecule is CC.CC.Cc1ccc2ccccc2c1Br. The fourth-order valence-corrected chi connectivity index (χ4v) is 1.84. The molecule has 2 rings (SSSR count). The molecule has 0 amide bonds. The van der Waals surface area contributed by atoms with E-state index < -0.39 is 0 Å². The molecular formula is C15H21Br. The van der Waals surface area contributed by atoms with Crippen LogP contribution in [-0.4, -0.2) is 0 Å². The maximum atomic E-state index is 3.58. The number of fused-ring (bicyclic) bond motifs is 1. The molecular weight excluding hydrogens is 260 g/mol. The molecule has 1 heteroatoms. The van der Waals surface area contributed by atoms with Gasteiger partial charge in [0.25, 0.3) is 0 Å². The van der Waals surface area contributed by atoms with Gasteiger partial charge >= 0.3 is 0 Å². The molecule has 0 saturated heterocycles. The Kier molecular flexibility index (Phi) is 7.92. The van der Waals surface area contributed by atoms with Crippen LogP contribution < -0.4 is 0 Å². The summed E-state index contributed by atoms with van der Waals surface area (Å²) in [6.07, 6.45) is 0. The van der Waals surface area contributed by atoms with E-state index in [1.165, 1.54) is 20.8 Å². The van der Waals surface area contributed by atoms with Crippen LogP contribution in [0.4, 0.5) is 0 Å². The van der Waals surface area contributed by atoms with Gasteiger partial charge in [-0.25, -0.2) is 0 Å². The van der Waals surface area contributed by atoms with Crippen molar-refractivity contribution in [1.82, 2.24) is 0 Å². The van der Waals surface area contributed by atoms with Gasteiger partial charge in [0, 0.05) is 4.47 Å². The van der Waals surface area contributed by atoms with Crippen molar-refractivity contribution >= 4 is 26.7 Å². The Hall–Kier alpha value is -0.820. The minimum atomic E-state index is 1.21. The molecule has 0 bridgehead atoms. The van der Waals surface area contributed by atoms with Gasteiger partial charge in [0.05, 0.1) is 0 Å². The number of hydrogen-bond acceptors (Lipinski definition) is 0. The highest BCUT2D eigenvalue weighted by atomic mass is 79.9. The van der Waals surface area contributed by atoms with E-state index in [9.17, 15) is 0 Å². The molecule has 0 nitrogen and oxygen atoms in total.